The van der Waals surface area contributed by atoms with Crippen LogP contribution in [0, 0.1) is 19.7 Å². The second kappa shape index (κ2) is 9.55. The van der Waals surface area contributed by atoms with E-state index in [2.05, 4.69) is 69.4 Å². The van der Waals surface area contributed by atoms with E-state index >= 15 is 0 Å². The van der Waals surface area contributed by atoms with E-state index in [1.54, 1.807) is 12.1 Å². The molecule has 3 aromatic rings. The Hall–Kier alpha value is -2.49. The lowest BCUT2D eigenvalue weighted by Crippen LogP contribution is -2.32. The van der Waals surface area contributed by atoms with E-state index in [-0.39, 0.29) is 11.9 Å². The fourth-order valence-electron chi connectivity index (χ4n) is 3.75. The molecule has 0 radical (unpaired) electrons. The van der Waals surface area contributed by atoms with E-state index in [4.69, 9.17) is 0 Å². The van der Waals surface area contributed by atoms with Gasteiger partial charge in [0.05, 0.1) is 6.10 Å². The average molecular weight is 406 g/mol. The van der Waals surface area contributed by atoms with Crippen LogP contribution in [0.2, 0.25) is 0 Å². The third-order valence-electron chi connectivity index (χ3n) is 5.78. The predicted octanol–water partition coefficient (Wildman–Crippen LogP) is 6.44. The SMILES string of the molecule is Cc1ccc(-c2cc(C(C)C)ccc2C)c(CNC(C)C(O)c2ccc(F)cc2)c1. The van der Waals surface area contributed by atoms with Crippen LogP contribution in [-0.2, 0) is 6.54 Å². The van der Waals surface area contributed by atoms with Gasteiger partial charge in [-0.05, 0) is 72.2 Å². The average Bonchev–Trinajstić information content (AvgIpc) is 2.72. The summed E-state index contributed by atoms with van der Waals surface area (Å²) in [5.74, 6) is 0.178. The molecule has 2 N–H and O–H groups in total. The van der Waals surface area contributed by atoms with Crippen LogP contribution in [0.3, 0.4) is 0 Å². The molecule has 2 atom stereocenters. The Labute approximate surface area is 179 Å². The molecule has 3 aromatic carbocycles. The number of hydrogen-bond acceptors (Lipinski definition) is 2. The molecule has 0 heterocycles. The zero-order valence-corrected chi connectivity index (χ0v) is 18.5. The largest absolute Gasteiger partial charge is 0.387 e. The van der Waals surface area contributed by atoms with Crippen molar-refractivity contribution in [1.82, 2.24) is 5.32 Å². The molecular weight excluding hydrogens is 373 g/mol. The second-order valence-corrected chi connectivity index (χ2v) is 8.56. The van der Waals surface area contributed by atoms with Crippen molar-refractivity contribution in [2.45, 2.75) is 59.2 Å². The fourth-order valence-corrected chi connectivity index (χ4v) is 3.75. The maximum absolute atomic E-state index is 13.2. The van der Waals surface area contributed by atoms with Gasteiger partial charge in [-0.1, -0.05) is 67.9 Å². The normalized spacial score (nSPS) is 13.5. The highest BCUT2D eigenvalue weighted by Crippen LogP contribution is 2.31. The smallest absolute Gasteiger partial charge is 0.123 e. The molecule has 3 heteroatoms. The van der Waals surface area contributed by atoms with Crippen LogP contribution in [-0.4, -0.2) is 11.1 Å². The molecule has 2 nitrogen and oxygen atoms in total. The fraction of sp³-hybridized carbons (Fsp3) is 0.333. The number of rotatable bonds is 7. The van der Waals surface area contributed by atoms with Gasteiger partial charge in [0.2, 0.25) is 0 Å². The van der Waals surface area contributed by atoms with Crippen LogP contribution >= 0.6 is 0 Å². The topological polar surface area (TPSA) is 32.3 Å². The first-order chi connectivity index (χ1) is 14.3. The first kappa shape index (κ1) is 22.2. The summed E-state index contributed by atoms with van der Waals surface area (Å²) in [4.78, 5) is 0. The Balaban J connectivity index is 1.84. The molecule has 0 saturated heterocycles. The van der Waals surface area contributed by atoms with Crippen molar-refractivity contribution in [2.75, 3.05) is 0 Å². The summed E-state index contributed by atoms with van der Waals surface area (Å²) in [6.07, 6.45) is -0.704. The van der Waals surface area contributed by atoms with Gasteiger partial charge in [0.1, 0.15) is 5.82 Å². The summed E-state index contributed by atoms with van der Waals surface area (Å²) in [5.41, 5.74) is 8.18. The lowest BCUT2D eigenvalue weighted by molar-refractivity contribution is 0.135. The minimum Gasteiger partial charge on any atom is -0.387 e. The van der Waals surface area contributed by atoms with Crippen molar-refractivity contribution in [3.63, 3.8) is 0 Å². The number of hydrogen-bond donors (Lipinski definition) is 2. The third kappa shape index (κ3) is 5.16. The van der Waals surface area contributed by atoms with Gasteiger partial charge < -0.3 is 10.4 Å². The molecule has 0 saturated carbocycles. The summed E-state index contributed by atoms with van der Waals surface area (Å²) < 4.78 is 13.2. The molecule has 0 aliphatic rings. The van der Waals surface area contributed by atoms with Crippen LogP contribution < -0.4 is 5.32 Å². The molecule has 3 rings (SSSR count). The molecule has 30 heavy (non-hydrogen) atoms. The second-order valence-electron chi connectivity index (χ2n) is 8.56. The molecule has 0 amide bonds. The van der Waals surface area contributed by atoms with Crippen LogP contribution in [0.15, 0.2) is 60.7 Å². The Morgan fingerprint density at radius 2 is 1.50 bits per heavy atom. The van der Waals surface area contributed by atoms with Crippen LogP contribution in [0.1, 0.15) is 60.6 Å². The van der Waals surface area contributed by atoms with Crippen molar-refractivity contribution < 1.29 is 9.50 Å². The van der Waals surface area contributed by atoms with Crippen molar-refractivity contribution in [3.8, 4) is 11.1 Å². The molecule has 158 valence electrons. The highest BCUT2D eigenvalue weighted by atomic mass is 19.1. The monoisotopic (exact) mass is 405 g/mol. The maximum atomic E-state index is 13.2. The van der Waals surface area contributed by atoms with E-state index < -0.39 is 6.10 Å². The zero-order chi connectivity index (χ0) is 21.8. The molecule has 0 bridgehead atoms. The number of aliphatic hydroxyl groups is 1. The number of nitrogens with one attached hydrogen (secondary N) is 1. The summed E-state index contributed by atoms with van der Waals surface area (Å²) in [7, 11) is 0. The van der Waals surface area contributed by atoms with Gasteiger partial charge in [-0.3, -0.25) is 0 Å². The van der Waals surface area contributed by atoms with E-state index in [1.165, 1.54) is 45.5 Å². The molecule has 0 spiro atoms. The molecule has 0 aromatic heterocycles. The molecular formula is C27H32FNO. The van der Waals surface area contributed by atoms with Crippen LogP contribution in [0.5, 0.6) is 0 Å². The van der Waals surface area contributed by atoms with Gasteiger partial charge in [-0.2, -0.15) is 0 Å². The molecule has 0 fully saturated rings. The number of halogens is 1. The summed E-state index contributed by atoms with van der Waals surface area (Å²) in [6, 6.07) is 19.1. The highest BCUT2D eigenvalue weighted by Gasteiger charge is 2.17. The minimum absolute atomic E-state index is 0.174. The summed E-state index contributed by atoms with van der Waals surface area (Å²) >= 11 is 0. The highest BCUT2D eigenvalue weighted by molar-refractivity contribution is 5.72. The van der Waals surface area contributed by atoms with E-state index in [1.807, 2.05) is 6.92 Å². The lowest BCUT2D eigenvalue weighted by atomic mass is 9.90. The third-order valence-corrected chi connectivity index (χ3v) is 5.78. The Morgan fingerprint density at radius 1 is 0.833 bits per heavy atom. The maximum Gasteiger partial charge on any atom is 0.123 e. The first-order valence-electron chi connectivity index (χ1n) is 10.6. The minimum atomic E-state index is -0.704. The van der Waals surface area contributed by atoms with Gasteiger partial charge in [-0.15, -0.1) is 0 Å². The van der Waals surface area contributed by atoms with E-state index in [0.717, 1.165) is 0 Å². The Kier molecular flexibility index (Phi) is 7.06. The van der Waals surface area contributed by atoms with Gasteiger partial charge in [0.15, 0.2) is 0 Å². The number of aryl methyl sites for hydroxylation is 2. The van der Waals surface area contributed by atoms with Crippen LogP contribution in [0.4, 0.5) is 4.39 Å². The Morgan fingerprint density at radius 3 is 2.17 bits per heavy atom. The zero-order valence-electron chi connectivity index (χ0n) is 18.5. The predicted molar refractivity (Wildman–Crippen MR) is 123 cm³/mol. The van der Waals surface area contributed by atoms with Crippen molar-refractivity contribution >= 4 is 0 Å². The van der Waals surface area contributed by atoms with Crippen LogP contribution in [0.25, 0.3) is 11.1 Å². The number of aliphatic hydroxyl groups excluding tert-OH is 1. The number of benzene rings is 3. The van der Waals surface area contributed by atoms with Crippen molar-refractivity contribution in [3.05, 3.63) is 94.3 Å². The van der Waals surface area contributed by atoms with E-state index in [0.29, 0.717) is 18.0 Å². The van der Waals surface area contributed by atoms with Gasteiger partial charge in [0, 0.05) is 12.6 Å². The summed E-state index contributed by atoms with van der Waals surface area (Å²) in [6.45, 7) is 11.3. The van der Waals surface area contributed by atoms with Gasteiger partial charge in [0.25, 0.3) is 0 Å². The molecule has 2 unspecified atom stereocenters. The van der Waals surface area contributed by atoms with Crippen molar-refractivity contribution in [2.24, 2.45) is 0 Å². The standard InChI is InChI=1S/C27H32FNO/c1-17(2)22-8-7-19(4)26(15-22)25-13-6-18(3)14-23(25)16-29-20(5)27(30)21-9-11-24(28)12-10-21/h6-15,17,20,27,29-30H,16H2,1-5H3. The van der Waals surface area contributed by atoms with Crippen molar-refractivity contribution in [1.29, 1.82) is 0 Å². The molecule has 0 aliphatic carbocycles. The van der Waals surface area contributed by atoms with Gasteiger partial charge >= 0.3 is 0 Å². The lowest BCUT2D eigenvalue weighted by Gasteiger charge is -2.22. The van der Waals surface area contributed by atoms with E-state index in [9.17, 15) is 9.50 Å². The Bertz CT molecular complexity index is 994. The van der Waals surface area contributed by atoms with Gasteiger partial charge in [-0.25, -0.2) is 4.39 Å². The molecule has 0 aliphatic heterocycles. The first-order valence-corrected chi connectivity index (χ1v) is 10.6. The summed E-state index contributed by atoms with van der Waals surface area (Å²) in [5, 5.41) is 14.1. The quantitative estimate of drug-likeness (QED) is 0.474.